The predicted molar refractivity (Wildman–Crippen MR) is 77.9 cm³/mol. The summed E-state index contributed by atoms with van der Waals surface area (Å²) < 4.78 is 11.2. The van der Waals surface area contributed by atoms with Crippen molar-refractivity contribution in [2.45, 2.75) is 32.8 Å². The molecule has 0 saturated carbocycles. The highest BCUT2D eigenvalue weighted by molar-refractivity contribution is 5.78. The minimum absolute atomic E-state index is 0.0148. The maximum Gasteiger partial charge on any atom is 0.260 e. The summed E-state index contributed by atoms with van der Waals surface area (Å²) in [5.41, 5.74) is 0.995. The van der Waals surface area contributed by atoms with Crippen LogP contribution >= 0.6 is 0 Å². The molecule has 1 aliphatic heterocycles. The van der Waals surface area contributed by atoms with Gasteiger partial charge in [-0.2, -0.15) is 0 Å². The number of hydrogen-bond donors (Lipinski definition) is 0. The molecule has 0 unspecified atom stereocenters. The third kappa shape index (κ3) is 3.97. The molecule has 4 heteroatoms. The minimum Gasteiger partial charge on any atom is -0.484 e. The highest BCUT2D eigenvalue weighted by Crippen LogP contribution is 2.17. The number of ether oxygens (including phenoxy) is 2. The van der Waals surface area contributed by atoms with E-state index in [9.17, 15) is 4.79 Å². The Morgan fingerprint density at radius 1 is 1.35 bits per heavy atom. The van der Waals surface area contributed by atoms with Gasteiger partial charge in [0.15, 0.2) is 6.61 Å². The van der Waals surface area contributed by atoms with Crippen molar-refractivity contribution in [1.82, 2.24) is 4.90 Å². The fourth-order valence-corrected chi connectivity index (χ4v) is 2.29. The number of carbonyl (C=O) groups excluding carboxylic acids is 1. The number of amides is 1. The minimum atomic E-state index is -0.267. The molecule has 4 nitrogen and oxygen atoms in total. The number of hydrogen-bond acceptors (Lipinski definition) is 3. The van der Waals surface area contributed by atoms with Crippen LogP contribution in [0.15, 0.2) is 24.3 Å². The van der Waals surface area contributed by atoms with Crippen LogP contribution in [0.2, 0.25) is 0 Å². The Bertz CT molecular complexity index is 453. The van der Waals surface area contributed by atoms with Gasteiger partial charge in [-0.3, -0.25) is 4.79 Å². The van der Waals surface area contributed by atoms with Gasteiger partial charge in [0.2, 0.25) is 0 Å². The van der Waals surface area contributed by atoms with Gasteiger partial charge in [0.05, 0.1) is 12.2 Å². The van der Waals surface area contributed by atoms with Crippen molar-refractivity contribution in [3.8, 4) is 5.75 Å². The molecule has 1 aromatic carbocycles. The molecular weight excluding hydrogens is 254 g/mol. The SMILES string of the molecule is CCc1ccc(OCC(=O)N2CCOC(C)(C)C2)cc1. The fraction of sp³-hybridized carbons (Fsp3) is 0.562. The Kier molecular flexibility index (Phi) is 4.65. The molecule has 1 saturated heterocycles. The highest BCUT2D eigenvalue weighted by atomic mass is 16.5. The van der Waals surface area contributed by atoms with Gasteiger partial charge >= 0.3 is 0 Å². The lowest BCUT2D eigenvalue weighted by atomic mass is 10.1. The molecule has 0 N–H and O–H groups in total. The summed E-state index contributed by atoms with van der Waals surface area (Å²) in [6.45, 7) is 8.03. The van der Waals surface area contributed by atoms with E-state index in [0.29, 0.717) is 19.7 Å². The van der Waals surface area contributed by atoms with Crippen LogP contribution in [-0.2, 0) is 16.0 Å². The first-order valence-electron chi connectivity index (χ1n) is 7.13. The second-order valence-corrected chi connectivity index (χ2v) is 5.71. The van der Waals surface area contributed by atoms with E-state index >= 15 is 0 Å². The molecule has 1 aliphatic rings. The topological polar surface area (TPSA) is 38.8 Å². The summed E-state index contributed by atoms with van der Waals surface area (Å²) in [6, 6.07) is 7.88. The first-order chi connectivity index (χ1) is 9.50. The van der Waals surface area contributed by atoms with Crippen LogP contribution in [0, 0.1) is 0 Å². The molecule has 20 heavy (non-hydrogen) atoms. The molecule has 0 radical (unpaired) electrons. The molecule has 1 fully saturated rings. The Morgan fingerprint density at radius 2 is 2.05 bits per heavy atom. The first kappa shape index (κ1) is 14.9. The normalized spacial score (nSPS) is 17.9. The van der Waals surface area contributed by atoms with E-state index in [4.69, 9.17) is 9.47 Å². The van der Waals surface area contributed by atoms with E-state index in [-0.39, 0.29) is 18.1 Å². The maximum atomic E-state index is 12.1. The largest absolute Gasteiger partial charge is 0.484 e. The number of aryl methyl sites for hydroxylation is 1. The van der Waals surface area contributed by atoms with Gasteiger partial charge in [-0.05, 0) is 38.0 Å². The average Bonchev–Trinajstić information content (AvgIpc) is 2.44. The molecule has 0 bridgehead atoms. The Labute approximate surface area is 120 Å². The molecule has 0 spiro atoms. The molecule has 0 aliphatic carbocycles. The molecule has 1 amide bonds. The van der Waals surface area contributed by atoms with Crippen molar-refractivity contribution in [3.05, 3.63) is 29.8 Å². The summed E-state index contributed by atoms with van der Waals surface area (Å²) in [5.74, 6) is 0.754. The fourth-order valence-electron chi connectivity index (χ4n) is 2.29. The van der Waals surface area contributed by atoms with Crippen LogP contribution in [0.1, 0.15) is 26.3 Å². The lowest BCUT2D eigenvalue weighted by Gasteiger charge is -2.38. The van der Waals surface area contributed by atoms with Gasteiger partial charge in [0.1, 0.15) is 5.75 Å². The van der Waals surface area contributed by atoms with Crippen LogP contribution in [0.25, 0.3) is 0 Å². The summed E-state index contributed by atoms with van der Waals surface area (Å²) in [5, 5.41) is 0. The predicted octanol–water partition coefficient (Wildman–Crippen LogP) is 2.27. The lowest BCUT2D eigenvalue weighted by molar-refractivity contribution is -0.147. The van der Waals surface area contributed by atoms with E-state index in [2.05, 4.69) is 6.92 Å². The zero-order chi connectivity index (χ0) is 14.6. The molecule has 2 rings (SSSR count). The third-order valence-electron chi connectivity index (χ3n) is 3.47. The third-order valence-corrected chi connectivity index (χ3v) is 3.47. The summed E-state index contributed by atoms with van der Waals surface area (Å²) in [6.07, 6.45) is 1.00. The van der Waals surface area contributed by atoms with Gasteiger partial charge in [0, 0.05) is 13.1 Å². The van der Waals surface area contributed by atoms with Gasteiger partial charge in [-0.1, -0.05) is 19.1 Å². The van der Waals surface area contributed by atoms with Crippen LogP contribution in [0.3, 0.4) is 0 Å². The zero-order valence-corrected chi connectivity index (χ0v) is 12.5. The van der Waals surface area contributed by atoms with E-state index in [1.807, 2.05) is 43.0 Å². The molecule has 0 atom stereocenters. The van der Waals surface area contributed by atoms with Crippen molar-refractivity contribution in [3.63, 3.8) is 0 Å². The van der Waals surface area contributed by atoms with Gasteiger partial charge in [-0.25, -0.2) is 0 Å². The quantitative estimate of drug-likeness (QED) is 0.847. The van der Waals surface area contributed by atoms with Crippen molar-refractivity contribution >= 4 is 5.91 Å². The van der Waals surface area contributed by atoms with E-state index < -0.39 is 0 Å². The molecule has 110 valence electrons. The molecular formula is C16H23NO3. The van der Waals surface area contributed by atoms with Gasteiger partial charge in [-0.15, -0.1) is 0 Å². The van der Waals surface area contributed by atoms with Crippen molar-refractivity contribution in [1.29, 1.82) is 0 Å². The molecule has 0 aromatic heterocycles. The van der Waals surface area contributed by atoms with Crippen molar-refractivity contribution in [2.75, 3.05) is 26.3 Å². The second-order valence-electron chi connectivity index (χ2n) is 5.71. The number of carbonyl (C=O) groups is 1. The van der Waals surface area contributed by atoms with E-state index in [1.165, 1.54) is 5.56 Å². The Balaban J connectivity index is 1.85. The van der Waals surface area contributed by atoms with Gasteiger partial charge in [0.25, 0.3) is 5.91 Å². The monoisotopic (exact) mass is 277 g/mol. The number of morpholine rings is 1. The zero-order valence-electron chi connectivity index (χ0n) is 12.5. The van der Waals surface area contributed by atoms with E-state index in [0.717, 1.165) is 12.2 Å². The van der Waals surface area contributed by atoms with Crippen LogP contribution in [0.5, 0.6) is 5.75 Å². The molecule has 1 aromatic rings. The Hall–Kier alpha value is -1.55. The molecule has 1 heterocycles. The van der Waals surface area contributed by atoms with Gasteiger partial charge < -0.3 is 14.4 Å². The number of benzene rings is 1. The second kappa shape index (κ2) is 6.27. The lowest BCUT2D eigenvalue weighted by Crippen LogP contribution is -2.51. The average molecular weight is 277 g/mol. The smallest absolute Gasteiger partial charge is 0.260 e. The van der Waals surface area contributed by atoms with Crippen LogP contribution in [0.4, 0.5) is 0 Å². The summed E-state index contributed by atoms with van der Waals surface area (Å²) >= 11 is 0. The number of rotatable bonds is 4. The van der Waals surface area contributed by atoms with Crippen LogP contribution in [-0.4, -0.2) is 42.7 Å². The number of nitrogens with zero attached hydrogens (tertiary/aromatic N) is 1. The van der Waals surface area contributed by atoms with Crippen molar-refractivity contribution < 1.29 is 14.3 Å². The van der Waals surface area contributed by atoms with E-state index in [1.54, 1.807) is 0 Å². The van der Waals surface area contributed by atoms with Crippen molar-refractivity contribution in [2.24, 2.45) is 0 Å². The summed E-state index contributed by atoms with van der Waals surface area (Å²) in [4.78, 5) is 13.9. The summed E-state index contributed by atoms with van der Waals surface area (Å²) in [7, 11) is 0. The first-order valence-corrected chi connectivity index (χ1v) is 7.13. The highest BCUT2D eigenvalue weighted by Gasteiger charge is 2.29. The van der Waals surface area contributed by atoms with Crippen LogP contribution < -0.4 is 4.74 Å². The standard InChI is InChI=1S/C16H23NO3/c1-4-13-5-7-14(8-6-13)19-11-15(18)17-9-10-20-16(2,3)12-17/h5-8H,4,9-12H2,1-3H3. The Morgan fingerprint density at radius 3 is 2.65 bits per heavy atom. The maximum absolute atomic E-state index is 12.1.